The van der Waals surface area contributed by atoms with Crippen molar-refractivity contribution in [1.82, 2.24) is 14.6 Å². The maximum absolute atomic E-state index is 10.6. The Bertz CT molecular complexity index is 1250. The number of alkyl halides is 3. The molecule has 2 aromatic carbocycles. The topological polar surface area (TPSA) is 80.0 Å². The lowest BCUT2D eigenvalue weighted by molar-refractivity contribution is -0.192. The Morgan fingerprint density at radius 2 is 1.56 bits per heavy atom. The van der Waals surface area contributed by atoms with Crippen molar-refractivity contribution in [3.63, 3.8) is 0 Å². The third-order valence-corrected chi connectivity index (χ3v) is 5.26. The molecule has 0 amide bonds. The van der Waals surface area contributed by atoms with Crippen LogP contribution in [0.5, 0.6) is 0 Å². The molecule has 1 aliphatic rings. The first-order valence-corrected chi connectivity index (χ1v) is 10.4. The van der Waals surface area contributed by atoms with Crippen molar-refractivity contribution in [3.05, 3.63) is 73.2 Å². The predicted octanol–water partition coefficient (Wildman–Crippen LogP) is 4.53. The summed E-state index contributed by atoms with van der Waals surface area (Å²) in [4.78, 5) is 15.9. The number of anilines is 1. The van der Waals surface area contributed by atoms with Gasteiger partial charge in [-0.1, -0.05) is 42.5 Å². The number of morpholine rings is 1. The molecule has 0 bridgehead atoms. The van der Waals surface area contributed by atoms with E-state index in [2.05, 4.69) is 51.4 Å². The summed E-state index contributed by atoms with van der Waals surface area (Å²) in [5.74, 6) is -2.76. The smallest absolute Gasteiger partial charge is 0.475 e. The molecule has 4 aromatic rings. The molecule has 7 nitrogen and oxygen atoms in total. The van der Waals surface area contributed by atoms with Gasteiger partial charge >= 0.3 is 12.1 Å². The molecule has 0 radical (unpaired) electrons. The number of ether oxygens (including phenoxy) is 1. The van der Waals surface area contributed by atoms with E-state index in [4.69, 9.17) is 14.6 Å². The molecule has 10 heteroatoms. The minimum Gasteiger partial charge on any atom is -0.475 e. The fraction of sp³-hybridized carbons (Fsp3) is 0.208. The van der Waals surface area contributed by atoms with E-state index in [-0.39, 0.29) is 0 Å². The number of benzene rings is 2. The first kappa shape index (κ1) is 23.2. The fourth-order valence-electron chi connectivity index (χ4n) is 3.53. The van der Waals surface area contributed by atoms with Crippen LogP contribution in [0.4, 0.5) is 18.9 Å². The number of halogens is 3. The van der Waals surface area contributed by atoms with Crippen LogP contribution >= 0.6 is 0 Å². The van der Waals surface area contributed by atoms with Crippen molar-refractivity contribution in [2.45, 2.75) is 6.18 Å². The summed E-state index contributed by atoms with van der Waals surface area (Å²) in [7, 11) is 0. The second kappa shape index (κ2) is 9.92. The lowest BCUT2D eigenvalue weighted by Gasteiger charge is -2.28. The van der Waals surface area contributed by atoms with Gasteiger partial charge in [-0.15, -0.1) is 0 Å². The van der Waals surface area contributed by atoms with Crippen molar-refractivity contribution in [2.75, 3.05) is 31.2 Å². The van der Waals surface area contributed by atoms with E-state index >= 15 is 0 Å². The molecular formula is C24H21F3N4O3. The van der Waals surface area contributed by atoms with Crippen molar-refractivity contribution in [2.24, 2.45) is 0 Å². The van der Waals surface area contributed by atoms with Gasteiger partial charge in [-0.3, -0.25) is 0 Å². The molecule has 176 valence electrons. The van der Waals surface area contributed by atoms with Crippen LogP contribution < -0.4 is 4.90 Å². The van der Waals surface area contributed by atoms with Gasteiger partial charge in [0.15, 0.2) is 5.65 Å². The quantitative estimate of drug-likeness (QED) is 0.474. The van der Waals surface area contributed by atoms with Crippen molar-refractivity contribution < 1.29 is 27.8 Å². The van der Waals surface area contributed by atoms with Crippen LogP contribution in [0.3, 0.4) is 0 Å². The lowest BCUT2D eigenvalue weighted by atomic mass is 10.1. The third-order valence-electron chi connectivity index (χ3n) is 5.26. The largest absolute Gasteiger partial charge is 0.490 e. The Kier molecular flexibility index (Phi) is 6.78. The normalized spacial score (nSPS) is 13.9. The zero-order chi connectivity index (χ0) is 24.1. The van der Waals surface area contributed by atoms with E-state index < -0.39 is 12.1 Å². The molecule has 34 heavy (non-hydrogen) atoms. The van der Waals surface area contributed by atoms with Crippen LogP contribution in [0.2, 0.25) is 0 Å². The summed E-state index contributed by atoms with van der Waals surface area (Å²) >= 11 is 0. The Hall–Kier alpha value is -3.92. The standard InChI is InChI=1S/C22H20N4O.C2HF3O2/c1-2-4-18(5-3-1)21-15-24-26-16-19(14-23-22(21)26)17-6-8-20(9-7-17)25-10-12-27-13-11-25;3-2(4,5)1(6)7/h1-9,14-16H,10-13H2;(H,6,7). The highest BCUT2D eigenvalue weighted by molar-refractivity contribution is 5.78. The Morgan fingerprint density at radius 3 is 2.18 bits per heavy atom. The average molecular weight is 470 g/mol. The maximum atomic E-state index is 10.6. The van der Waals surface area contributed by atoms with Crippen molar-refractivity contribution in [1.29, 1.82) is 0 Å². The van der Waals surface area contributed by atoms with Gasteiger partial charge in [0.1, 0.15) is 0 Å². The highest BCUT2D eigenvalue weighted by atomic mass is 19.4. The molecule has 2 aromatic heterocycles. The molecule has 0 aliphatic carbocycles. The van der Waals surface area contributed by atoms with Gasteiger partial charge in [-0.05, 0) is 23.3 Å². The lowest BCUT2D eigenvalue weighted by Crippen LogP contribution is -2.36. The number of carboxylic acid groups (broad SMARTS) is 1. The van der Waals surface area contributed by atoms with Gasteiger partial charge in [-0.25, -0.2) is 14.3 Å². The van der Waals surface area contributed by atoms with E-state index in [1.807, 2.05) is 41.3 Å². The van der Waals surface area contributed by atoms with Gasteiger partial charge in [0.2, 0.25) is 0 Å². The first-order chi connectivity index (χ1) is 16.3. The first-order valence-electron chi connectivity index (χ1n) is 10.4. The molecule has 1 saturated heterocycles. The summed E-state index contributed by atoms with van der Waals surface area (Å²) in [6.45, 7) is 3.49. The monoisotopic (exact) mass is 470 g/mol. The number of hydrogen-bond acceptors (Lipinski definition) is 5. The zero-order valence-corrected chi connectivity index (χ0v) is 17.9. The summed E-state index contributed by atoms with van der Waals surface area (Å²) in [5.41, 5.74) is 6.47. The number of rotatable bonds is 3. The molecule has 1 fully saturated rings. The SMILES string of the molecule is O=C(O)C(F)(F)F.c1ccc(-c2cnn3cc(-c4ccc(N5CCOCC5)cc4)cnc23)cc1. The Balaban J connectivity index is 0.000000344. The molecule has 1 N–H and O–H groups in total. The summed E-state index contributed by atoms with van der Waals surface area (Å²) in [6, 6.07) is 18.9. The number of nitrogens with zero attached hydrogens (tertiary/aromatic N) is 4. The van der Waals surface area contributed by atoms with E-state index in [9.17, 15) is 13.2 Å². The summed E-state index contributed by atoms with van der Waals surface area (Å²) < 4.78 is 39.0. The molecule has 0 saturated carbocycles. The molecule has 5 rings (SSSR count). The van der Waals surface area contributed by atoms with Crippen LogP contribution in [0.1, 0.15) is 0 Å². The minimum atomic E-state index is -5.08. The van der Waals surface area contributed by atoms with Crippen molar-refractivity contribution >= 4 is 17.3 Å². The van der Waals surface area contributed by atoms with Crippen LogP contribution in [0.15, 0.2) is 73.2 Å². The molecule has 0 spiro atoms. The number of carboxylic acids is 1. The summed E-state index contributed by atoms with van der Waals surface area (Å²) in [5, 5.41) is 11.6. The van der Waals surface area contributed by atoms with Gasteiger partial charge in [0, 0.05) is 42.3 Å². The van der Waals surface area contributed by atoms with Gasteiger partial charge in [0.05, 0.1) is 19.4 Å². The number of hydrogen-bond donors (Lipinski definition) is 1. The predicted molar refractivity (Wildman–Crippen MR) is 121 cm³/mol. The summed E-state index contributed by atoms with van der Waals surface area (Å²) in [6.07, 6.45) is 0.759. The third kappa shape index (κ3) is 5.34. The highest BCUT2D eigenvalue weighted by Crippen LogP contribution is 2.27. The van der Waals surface area contributed by atoms with Gasteiger partial charge in [-0.2, -0.15) is 18.3 Å². The van der Waals surface area contributed by atoms with Crippen molar-refractivity contribution in [3.8, 4) is 22.3 Å². The van der Waals surface area contributed by atoms with Gasteiger partial charge in [0.25, 0.3) is 0 Å². The Morgan fingerprint density at radius 1 is 0.912 bits per heavy atom. The average Bonchev–Trinajstić information content (AvgIpc) is 3.28. The van der Waals surface area contributed by atoms with E-state index in [0.29, 0.717) is 0 Å². The fourth-order valence-corrected chi connectivity index (χ4v) is 3.53. The van der Waals surface area contributed by atoms with Crippen LogP contribution in [-0.4, -0.2) is 58.2 Å². The number of fused-ring (bicyclic) bond motifs is 1. The molecule has 1 aliphatic heterocycles. The molecule has 0 atom stereocenters. The Labute approximate surface area is 193 Å². The molecule has 0 unspecified atom stereocenters. The number of carbonyl (C=O) groups is 1. The van der Waals surface area contributed by atoms with Crippen LogP contribution in [0.25, 0.3) is 27.9 Å². The number of aliphatic carboxylic acids is 1. The molecule has 3 heterocycles. The highest BCUT2D eigenvalue weighted by Gasteiger charge is 2.38. The maximum Gasteiger partial charge on any atom is 0.490 e. The van der Waals surface area contributed by atoms with Gasteiger partial charge < -0.3 is 14.7 Å². The van der Waals surface area contributed by atoms with Crippen LogP contribution in [0, 0.1) is 0 Å². The zero-order valence-electron chi connectivity index (χ0n) is 17.9. The minimum absolute atomic E-state index is 0.797. The molecular weight excluding hydrogens is 449 g/mol. The van der Waals surface area contributed by atoms with E-state index in [1.165, 1.54) is 5.69 Å². The van der Waals surface area contributed by atoms with E-state index in [0.717, 1.165) is 54.2 Å². The second-order valence-corrected chi connectivity index (χ2v) is 7.48. The van der Waals surface area contributed by atoms with E-state index in [1.54, 1.807) is 0 Å². The number of aromatic nitrogens is 3. The van der Waals surface area contributed by atoms with Crippen LogP contribution in [-0.2, 0) is 9.53 Å². The second-order valence-electron chi connectivity index (χ2n) is 7.48.